The van der Waals surface area contributed by atoms with E-state index in [2.05, 4.69) is 5.32 Å². The van der Waals surface area contributed by atoms with Crippen LogP contribution < -0.4 is 15.0 Å². The minimum atomic E-state index is -0.717. The second-order valence-electron chi connectivity index (χ2n) is 5.59. The number of hydrogen-bond donors (Lipinski definition) is 1. The fourth-order valence-corrected chi connectivity index (χ4v) is 3.56. The van der Waals surface area contributed by atoms with E-state index in [1.54, 1.807) is 48.5 Å². The largest absolute Gasteiger partial charge is 0.494 e. The number of anilines is 2. The summed E-state index contributed by atoms with van der Waals surface area (Å²) in [5.41, 5.74) is 1.13. The lowest BCUT2D eigenvalue weighted by Crippen LogP contribution is -2.32. The summed E-state index contributed by atoms with van der Waals surface area (Å²) in [5, 5.41) is 1.66. The van der Waals surface area contributed by atoms with Crippen molar-refractivity contribution >= 4 is 40.2 Å². The smallest absolute Gasteiger partial charge is 0.293 e. The maximum atomic E-state index is 12.5. The maximum absolute atomic E-state index is 12.5. The van der Waals surface area contributed by atoms with Gasteiger partial charge >= 0.3 is 0 Å². The summed E-state index contributed by atoms with van der Waals surface area (Å²) in [4.78, 5) is 38.0. The highest BCUT2D eigenvalue weighted by Gasteiger charge is 2.41. The molecule has 1 unspecified atom stereocenters. The van der Waals surface area contributed by atoms with Crippen molar-refractivity contribution in [3.05, 3.63) is 54.6 Å². The predicted molar refractivity (Wildman–Crippen MR) is 102 cm³/mol. The lowest BCUT2D eigenvalue weighted by Gasteiger charge is -2.13. The monoisotopic (exact) mass is 370 g/mol. The summed E-state index contributed by atoms with van der Waals surface area (Å²) in [6.07, 6.45) is -0.0637. The van der Waals surface area contributed by atoms with Gasteiger partial charge in [0.05, 0.1) is 12.3 Å². The van der Waals surface area contributed by atoms with Crippen molar-refractivity contribution in [2.45, 2.75) is 18.6 Å². The molecule has 7 heteroatoms. The van der Waals surface area contributed by atoms with Crippen molar-refractivity contribution in [2.75, 3.05) is 16.8 Å². The van der Waals surface area contributed by atoms with E-state index in [4.69, 9.17) is 4.74 Å². The average Bonchev–Trinajstić information content (AvgIpc) is 2.91. The van der Waals surface area contributed by atoms with Crippen molar-refractivity contribution in [1.29, 1.82) is 0 Å². The number of amides is 3. The Balaban J connectivity index is 1.61. The first-order chi connectivity index (χ1) is 12.6. The number of carbonyl (C=O) groups is 3. The molecule has 0 radical (unpaired) electrons. The minimum absolute atomic E-state index is 0.0637. The van der Waals surface area contributed by atoms with Crippen LogP contribution in [0.3, 0.4) is 0 Å². The molecule has 1 aliphatic rings. The van der Waals surface area contributed by atoms with E-state index in [9.17, 15) is 14.4 Å². The number of carbonyl (C=O) groups excluding carboxylic acids is 3. The molecule has 2 aromatic carbocycles. The zero-order valence-corrected chi connectivity index (χ0v) is 15.0. The van der Waals surface area contributed by atoms with Gasteiger partial charge in [0.1, 0.15) is 11.0 Å². The van der Waals surface area contributed by atoms with Crippen LogP contribution in [0.25, 0.3) is 0 Å². The van der Waals surface area contributed by atoms with Crippen LogP contribution in [0.2, 0.25) is 0 Å². The predicted octanol–water partition coefficient (Wildman–Crippen LogP) is 3.68. The molecule has 0 spiro atoms. The van der Waals surface area contributed by atoms with Gasteiger partial charge in [0.25, 0.3) is 5.24 Å². The van der Waals surface area contributed by atoms with E-state index in [1.165, 1.54) is 0 Å². The molecule has 3 rings (SSSR count). The Morgan fingerprint density at radius 2 is 1.81 bits per heavy atom. The van der Waals surface area contributed by atoms with Gasteiger partial charge in [-0.05, 0) is 55.1 Å². The van der Waals surface area contributed by atoms with Gasteiger partial charge in [0.2, 0.25) is 11.8 Å². The summed E-state index contributed by atoms with van der Waals surface area (Å²) in [7, 11) is 0. The first-order valence-electron chi connectivity index (χ1n) is 8.21. The molecule has 3 amide bonds. The minimum Gasteiger partial charge on any atom is -0.494 e. The zero-order chi connectivity index (χ0) is 18.5. The second-order valence-corrected chi connectivity index (χ2v) is 6.75. The highest BCUT2D eigenvalue weighted by atomic mass is 32.2. The number of benzene rings is 2. The van der Waals surface area contributed by atoms with Crippen molar-refractivity contribution in [1.82, 2.24) is 0 Å². The third-order valence-electron chi connectivity index (χ3n) is 3.76. The normalized spacial score (nSPS) is 16.7. The van der Waals surface area contributed by atoms with E-state index < -0.39 is 5.25 Å². The van der Waals surface area contributed by atoms with Crippen LogP contribution >= 0.6 is 11.8 Å². The number of nitrogens with zero attached hydrogens (tertiary/aromatic N) is 1. The van der Waals surface area contributed by atoms with Crippen LogP contribution in [0.15, 0.2) is 54.6 Å². The molecule has 1 heterocycles. The van der Waals surface area contributed by atoms with Gasteiger partial charge in [-0.25, -0.2) is 4.90 Å². The summed E-state index contributed by atoms with van der Waals surface area (Å²) < 4.78 is 5.35. The Labute approximate surface area is 155 Å². The molecule has 1 N–H and O–H groups in total. The molecule has 134 valence electrons. The Bertz CT molecular complexity index is 808. The van der Waals surface area contributed by atoms with E-state index >= 15 is 0 Å². The van der Waals surface area contributed by atoms with Crippen LogP contribution in [-0.2, 0) is 9.59 Å². The van der Waals surface area contributed by atoms with Crippen LogP contribution in [-0.4, -0.2) is 28.9 Å². The number of hydrogen-bond acceptors (Lipinski definition) is 5. The van der Waals surface area contributed by atoms with Crippen LogP contribution in [0.5, 0.6) is 5.75 Å². The molecule has 26 heavy (non-hydrogen) atoms. The number of thioether (sulfide) groups is 1. The van der Waals surface area contributed by atoms with E-state index in [0.29, 0.717) is 18.0 Å². The van der Waals surface area contributed by atoms with Gasteiger partial charge in [-0.2, -0.15) is 0 Å². The molecule has 0 saturated carbocycles. The van der Waals surface area contributed by atoms with Gasteiger partial charge in [-0.1, -0.05) is 18.2 Å². The maximum Gasteiger partial charge on any atom is 0.293 e. The number of para-hydroxylation sites is 1. The molecular weight excluding hydrogens is 352 g/mol. The number of rotatable bonds is 6. The Morgan fingerprint density at radius 1 is 1.12 bits per heavy atom. The van der Waals surface area contributed by atoms with Crippen LogP contribution in [0.1, 0.15) is 13.3 Å². The van der Waals surface area contributed by atoms with Gasteiger partial charge in [0, 0.05) is 12.1 Å². The molecule has 0 aliphatic carbocycles. The third kappa shape index (κ3) is 4.05. The van der Waals surface area contributed by atoms with Gasteiger partial charge < -0.3 is 10.1 Å². The Kier molecular flexibility index (Phi) is 5.58. The standard InChI is InChI=1S/C19H18N2O4S/c1-2-25-15-10-8-13(9-11-15)20-17(22)12-16-18(23)21(19(24)26-16)14-6-4-3-5-7-14/h3-11,16H,2,12H2,1H3,(H,20,22). The summed E-state index contributed by atoms with van der Waals surface area (Å²) in [6.45, 7) is 2.46. The van der Waals surface area contributed by atoms with Crippen LogP contribution in [0, 0.1) is 0 Å². The van der Waals surface area contributed by atoms with E-state index in [1.807, 2.05) is 13.0 Å². The lowest BCUT2D eigenvalue weighted by atomic mass is 10.2. The molecular formula is C19H18N2O4S. The van der Waals surface area contributed by atoms with Crippen molar-refractivity contribution in [3.8, 4) is 5.75 Å². The molecule has 0 aromatic heterocycles. The van der Waals surface area contributed by atoms with Crippen LogP contribution in [0.4, 0.5) is 16.2 Å². The lowest BCUT2D eigenvalue weighted by molar-refractivity contribution is -0.121. The summed E-state index contributed by atoms with van der Waals surface area (Å²) in [5.74, 6) is 0.0342. The van der Waals surface area contributed by atoms with Gasteiger partial charge in [-0.3, -0.25) is 14.4 Å². The Morgan fingerprint density at radius 3 is 2.46 bits per heavy atom. The molecule has 1 atom stereocenters. The van der Waals surface area contributed by atoms with Gasteiger partial charge in [0.15, 0.2) is 0 Å². The highest BCUT2D eigenvalue weighted by molar-refractivity contribution is 8.15. The fourth-order valence-electron chi connectivity index (χ4n) is 2.58. The van der Waals surface area contributed by atoms with Gasteiger partial charge in [-0.15, -0.1) is 0 Å². The van der Waals surface area contributed by atoms with Crippen molar-refractivity contribution in [3.63, 3.8) is 0 Å². The molecule has 1 saturated heterocycles. The number of nitrogens with one attached hydrogen (secondary N) is 1. The van der Waals surface area contributed by atoms with Crippen molar-refractivity contribution in [2.24, 2.45) is 0 Å². The van der Waals surface area contributed by atoms with E-state index in [-0.39, 0.29) is 23.5 Å². The molecule has 1 aliphatic heterocycles. The Hall–Kier alpha value is -2.80. The first kappa shape index (κ1) is 18.0. The average molecular weight is 370 g/mol. The summed E-state index contributed by atoms with van der Waals surface area (Å²) >= 11 is 0.881. The van der Waals surface area contributed by atoms with Crippen molar-refractivity contribution < 1.29 is 19.1 Å². The van der Waals surface area contributed by atoms with E-state index in [0.717, 1.165) is 22.4 Å². The first-order valence-corrected chi connectivity index (χ1v) is 9.09. The molecule has 2 aromatic rings. The third-order valence-corrected chi connectivity index (χ3v) is 4.79. The quantitative estimate of drug-likeness (QED) is 0.839. The summed E-state index contributed by atoms with van der Waals surface area (Å²) in [6, 6.07) is 15.7. The molecule has 0 bridgehead atoms. The number of ether oxygens (including phenoxy) is 1. The topological polar surface area (TPSA) is 75.7 Å². The molecule has 6 nitrogen and oxygen atoms in total. The second kappa shape index (κ2) is 8.05. The SMILES string of the molecule is CCOc1ccc(NC(=O)CC2SC(=O)N(c3ccccc3)C2=O)cc1. The fraction of sp³-hybridized carbons (Fsp3) is 0.211. The number of imide groups is 1. The zero-order valence-electron chi connectivity index (χ0n) is 14.2. The molecule has 1 fully saturated rings. The highest BCUT2D eigenvalue weighted by Crippen LogP contribution is 2.33.